The van der Waals surface area contributed by atoms with E-state index in [0.717, 1.165) is 0 Å². The van der Waals surface area contributed by atoms with E-state index in [1.165, 1.54) is 0 Å². The van der Waals surface area contributed by atoms with E-state index in [2.05, 4.69) is 16.2 Å². The van der Waals surface area contributed by atoms with Gasteiger partial charge in [-0.1, -0.05) is 30.3 Å². The lowest BCUT2D eigenvalue weighted by Crippen LogP contribution is -2.44. The van der Waals surface area contributed by atoms with Crippen LogP contribution in [0.4, 0.5) is 10.5 Å². The van der Waals surface area contributed by atoms with E-state index in [-0.39, 0.29) is 0 Å². The fourth-order valence-electron chi connectivity index (χ4n) is 1.62. The molecule has 3 amide bonds. The number of anilines is 1. The lowest BCUT2D eigenvalue weighted by atomic mass is 10.2. The minimum absolute atomic E-state index is 0.335. The number of hydrazine groups is 1. The van der Waals surface area contributed by atoms with Crippen LogP contribution < -0.4 is 16.2 Å². The molecule has 0 heterocycles. The van der Waals surface area contributed by atoms with Gasteiger partial charge >= 0.3 is 6.03 Å². The van der Waals surface area contributed by atoms with Gasteiger partial charge in [-0.05, 0) is 24.3 Å². The molecule has 0 aliphatic carbocycles. The molecule has 104 valence electrons. The van der Waals surface area contributed by atoms with Crippen molar-refractivity contribution in [1.29, 1.82) is 5.26 Å². The Morgan fingerprint density at radius 2 is 1.57 bits per heavy atom. The van der Waals surface area contributed by atoms with Crippen molar-refractivity contribution >= 4 is 17.6 Å². The molecule has 2 aromatic carbocycles. The molecule has 0 fully saturated rings. The largest absolute Gasteiger partial charge is 0.337 e. The maximum Gasteiger partial charge on any atom is 0.337 e. The van der Waals surface area contributed by atoms with Crippen LogP contribution in [0.25, 0.3) is 0 Å². The average Bonchev–Trinajstić information content (AvgIpc) is 2.54. The van der Waals surface area contributed by atoms with Gasteiger partial charge in [0.05, 0.1) is 11.3 Å². The third-order valence-corrected chi connectivity index (χ3v) is 2.62. The molecule has 0 aliphatic heterocycles. The Balaban J connectivity index is 1.91. The van der Waals surface area contributed by atoms with Crippen molar-refractivity contribution in [3.05, 3.63) is 65.7 Å². The van der Waals surface area contributed by atoms with Crippen LogP contribution >= 0.6 is 0 Å². The molecular weight excluding hydrogens is 268 g/mol. The number of carbonyl (C=O) groups is 2. The zero-order valence-electron chi connectivity index (χ0n) is 11.0. The Hall–Kier alpha value is -3.33. The van der Waals surface area contributed by atoms with Gasteiger partial charge in [-0.2, -0.15) is 5.26 Å². The van der Waals surface area contributed by atoms with Crippen LogP contribution in [0.1, 0.15) is 15.9 Å². The molecule has 0 aromatic heterocycles. The van der Waals surface area contributed by atoms with Crippen LogP contribution in [0.5, 0.6) is 0 Å². The first-order chi connectivity index (χ1) is 10.2. The zero-order valence-corrected chi connectivity index (χ0v) is 11.0. The summed E-state index contributed by atoms with van der Waals surface area (Å²) in [7, 11) is 0. The number of carbonyl (C=O) groups excluding carboxylic acids is 2. The minimum atomic E-state index is -0.637. The van der Waals surface area contributed by atoms with E-state index >= 15 is 0 Å². The molecule has 0 saturated heterocycles. The number of nitriles is 1. The topological polar surface area (TPSA) is 94.0 Å². The molecule has 6 heteroatoms. The number of urea groups is 1. The lowest BCUT2D eigenvalue weighted by Gasteiger charge is -2.09. The standard InChI is InChI=1S/C15H12N4O2/c16-10-12-8-4-5-9-13(12)17-15(21)19-18-14(20)11-6-2-1-3-7-11/h1-9H,(H,18,20)(H2,17,19,21). The van der Waals surface area contributed by atoms with Gasteiger partial charge in [-0.15, -0.1) is 0 Å². The molecule has 0 atom stereocenters. The van der Waals surface area contributed by atoms with Crippen molar-refractivity contribution in [2.75, 3.05) is 5.32 Å². The second kappa shape index (κ2) is 6.73. The molecule has 2 aromatic rings. The van der Waals surface area contributed by atoms with Crippen LogP contribution in [0.15, 0.2) is 54.6 Å². The molecule has 0 bridgehead atoms. The van der Waals surface area contributed by atoms with Crippen LogP contribution in [-0.2, 0) is 0 Å². The Bertz CT molecular complexity index is 692. The minimum Gasteiger partial charge on any atom is -0.305 e. The van der Waals surface area contributed by atoms with E-state index in [1.54, 1.807) is 54.6 Å². The highest BCUT2D eigenvalue weighted by atomic mass is 16.2. The Kier molecular flexibility index (Phi) is 4.51. The molecule has 0 saturated carbocycles. The number of hydrogen-bond donors (Lipinski definition) is 3. The summed E-state index contributed by atoms with van der Waals surface area (Å²) in [6.45, 7) is 0. The van der Waals surface area contributed by atoms with Crippen LogP contribution in [0.3, 0.4) is 0 Å². The van der Waals surface area contributed by atoms with Gasteiger partial charge in [0.1, 0.15) is 6.07 Å². The number of para-hydroxylation sites is 1. The van der Waals surface area contributed by atoms with E-state index in [0.29, 0.717) is 16.8 Å². The Morgan fingerprint density at radius 3 is 2.29 bits per heavy atom. The summed E-state index contributed by atoms with van der Waals surface area (Å²) in [5, 5.41) is 11.4. The molecule has 2 rings (SSSR count). The van der Waals surface area contributed by atoms with E-state index < -0.39 is 11.9 Å². The normalized spacial score (nSPS) is 9.29. The van der Waals surface area contributed by atoms with Gasteiger partial charge in [0.25, 0.3) is 5.91 Å². The summed E-state index contributed by atoms with van der Waals surface area (Å²) in [5.41, 5.74) is 5.62. The van der Waals surface area contributed by atoms with Crippen molar-refractivity contribution < 1.29 is 9.59 Å². The number of amides is 3. The molecule has 0 aliphatic rings. The Labute approximate surface area is 121 Å². The predicted molar refractivity (Wildman–Crippen MR) is 77.2 cm³/mol. The van der Waals surface area contributed by atoms with Crippen molar-refractivity contribution in [2.24, 2.45) is 0 Å². The van der Waals surface area contributed by atoms with Gasteiger partial charge in [-0.25, -0.2) is 10.2 Å². The van der Waals surface area contributed by atoms with Crippen molar-refractivity contribution in [1.82, 2.24) is 10.9 Å². The number of nitrogens with zero attached hydrogens (tertiary/aromatic N) is 1. The third kappa shape index (κ3) is 3.81. The van der Waals surface area contributed by atoms with E-state index in [4.69, 9.17) is 5.26 Å². The second-order valence-corrected chi connectivity index (χ2v) is 4.06. The molecular formula is C15H12N4O2. The smallest absolute Gasteiger partial charge is 0.305 e. The second-order valence-electron chi connectivity index (χ2n) is 4.06. The molecule has 0 unspecified atom stereocenters. The number of hydrogen-bond acceptors (Lipinski definition) is 3. The molecule has 3 N–H and O–H groups in total. The molecule has 6 nitrogen and oxygen atoms in total. The summed E-state index contributed by atoms with van der Waals surface area (Å²) < 4.78 is 0. The third-order valence-electron chi connectivity index (χ3n) is 2.62. The summed E-state index contributed by atoms with van der Waals surface area (Å²) in [6, 6.07) is 16.4. The van der Waals surface area contributed by atoms with E-state index in [9.17, 15) is 9.59 Å². The fraction of sp³-hybridized carbons (Fsp3) is 0. The van der Waals surface area contributed by atoms with Crippen LogP contribution in [0, 0.1) is 11.3 Å². The predicted octanol–water partition coefficient (Wildman–Crippen LogP) is 2.02. The monoisotopic (exact) mass is 280 g/mol. The fourth-order valence-corrected chi connectivity index (χ4v) is 1.62. The highest BCUT2D eigenvalue weighted by Gasteiger charge is 2.08. The summed E-state index contributed by atoms with van der Waals surface area (Å²) in [6.07, 6.45) is 0. The SMILES string of the molecule is N#Cc1ccccc1NC(=O)NNC(=O)c1ccccc1. The first-order valence-corrected chi connectivity index (χ1v) is 6.12. The van der Waals surface area contributed by atoms with Gasteiger partial charge in [0.15, 0.2) is 0 Å². The lowest BCUT2D eigenvalue weighted by molar-refractivity contribution is 0.0938. The van der Waals surface area contributed by atoms with Gasteiger partial charge in [0.2, 0.25) is 0 Å². The summed E-state index contributed by atoms with van der Waals surface area (Å²) in [5.74, 6) is -0.431. The first-order valence-electron chi connectivity index (χ1n) is 6.12. The highest BCUT2D eigenvalue weighted by Crippen LogP contribution is 2.12. The maximum atomic E-state index is 11.7. The van der Waals surface area contributed by atoms with Gasteiger partial charge < -0.3 is 5.32 Å². The van der Waals surface area contributed by atoms with E-state index in [1.807, 2.05) is 6.07 Å². The number of benzene rings is 2. The summed E-state index contributed by atoms with van der Waals surface area (Å²) in [4.78, 5) is 23.4. The molecule has 21 heavy (non-hydrogen) atoms. The summed E-state index contributed by atoms with van der Waals surface area (Å²) >= 11 is 0. The Morgan fingerprint density at radius 1 is 0.905 bits per heavy atom. The van der Waals surface area contributed by atoms with Crippen molar-refractivity contribution in [3.8, 4) is 6.07 Å². The average molecular weight is 280 g/mol. The van der Waals surface area contributed by atoms with Crippen LogP contribution in [-0.4, -0.2) is 11.9 Å². The first kappa shape index (κ1) is 14.1. The quantitative estimate of drug-likeness (QED) is 0.734. The molecule has 0 spiro atoms. The number of rotatable bonds is 2. The van der Waals surface area contributed by atoms with Crippen LogP contribution in [0.2, 0.25) is 0 Å². The molecule has 0 radical (unpaired) electrons. The van der Waals surface area contributed by atoms with Crippen molar-refractivity contribution in [3.63, 3.8) is 0 Å². The number of nitrogens with one attached hydrogen (secondary N) is 3. The van der Waals surface area contributed by atoms with Gasteiger partial charge in [-0.3, -0.25) is 10.2 Å². The maximum absolute atomic E-state index is 11.7. The van der Waals surface area contributed by atoms with Crippen molar-refractivity contribution in [2.45, 2.75) is 0 Å². The zero-order chi connectivity index (χ0) is 15.1. The highest BCUT2D eigenvalue weighted by molar-refractivity contribution is 5.97. The van der Waals surface area contributed by atoms with Gasteiger partial charge in [0, 0.05) is 5.56 Å².